The van der Waals surface area contributed by atoms with Gasteiger partial charge in [-0.15, -0.1) is 0 Å². The molecule has 0 unspecified atom stereocenters. The maximum absolute atomic E-state index is 7.33. The standard InChI is InChI=1S/2C17H29OSi.2ClH.Hf/c2*1-6-11-17(2,3)19(4,5)18-16-12-14-9-7-8-10-15(14)13-16;;;/h2*12-13H,6-11H2,1-5H3;2*1H;/q;;;;+2/p-2. The summed E-state index contributed by atoms with van der Waals surface area (Å²) in [7, 11) is -3.83. The summed E-state index contributed by atoms with van der Waals surface area (Å²) in [6.45, 7) is 24.5. The van der Waals surface area contributed by atoms with E-state index >= 15 is 0 Å². The van der Waals surface area contributed by atoms with Crippen LogP contribution in [0.3, 0.4) is 0 Å². The molecule has 0 radical (unpaired) electrons. The fourth-order valence-electron chi connectivity index (χ4n) is 7.17. The van der Waals surface area contributed by atoms with E-state index in [0.29, 0.717) is 7.35 Å². The van der Waals surface area contributed by atoms with E-state index in [4.69, 9.17) is 8.85 Å². The van der Waals surface area contributed by atoms with Gasteiger partial charge in [0.05, 0.1) is 0 Å². The molecule has 4 aliphatic rings. The molecule has 4 rings (SSSR count). The van der Waals surface area contributed by atoms with Gasteiger partial charge in [0.2, 0.25) is 0 Å². The largest absolute Gasteiger partial charge is 1.00 e. The van der Waals surface area contributed by atoms with Crippen molar-refractivity contribution >= 4 is 16.6 Å². The Morgan fingerprint density at radius 1 is 0.659 bits per heavy atom. The van der Waals surface area contributed by atoms with Crippen LogP contribution >= 0.6 is 0 Å². The van der Waals surface area contributed by atoms with Crippen molar-refractivity contribution in [3.63, 3.8) is 0 Å². The van der Waals surface area contributed by atoms with Crippen molar-refractivity contribution in [2.75, 3.05) is 0 Å². The number of rotatable bonds is 12. The summed E-state index contributed by atoms with van der Waals surface area (Å²) in [6.07, 6.45) is 20.7. The van der Waals surface area contributed by atoms with Crippen LogP contribution in [-0.4, -0.2) is 16.6 Å². The van der Waals surface area contributed by atoms with Crippen molar-refractivity contribution in [1.29, 1.82) is 0 Å². The second kappa shape index (κ2) is 14.7. The van der Waals surface area contributed by atoms with E-state index in [2.05, 4.69) is 79.9 Å². The van der Waals surface area contributed by atoms with Gasteiger partial charge in [-0.1, -0.05) is 0 Å². The molecular weight excluding hydrogens is 746 g/mol. The molecule has 4 aliphatic carbocycles. The van der Waals surface area contributed by atoms with Crippen LogP contribution in [-0.2, 0) is 31.8 Å². The Bertz CT molecular complexity index is 973. The maximum Gasteiger partial charge on any atom is -1.00 e. The minimum absolute atomic E-state index is 0. The van der Waals surface area contributed by atoms with Gasteiger partial charge in [0.1, 0.15) is 0 Å². The van der Waals surface area contributed by atoms with Crippen LogP contribution < -0.4 is 24.8 Å². The predicted molar refractivity (Wildman–Crippen MR) is 170 cm³/mol. The molecule has 41 heavy (non-hydrogen) atoms. The Labute approximate surface area is 279 Å². The number of halogens is 2. The average molecular weight is 804 g/mol. The molecule has 0 fully saturated rings. The van der Waals surface area contributed by atoms with Gasteiger partial charge in [-0.2, -0.15) is 0 Å². The summed E-state index contributed by atoms with van der Waals surface area (Å²) in [5.41, 5.74) is 6.91. The molecule has 0 aliphatic heterocycles. The van der Waals surface area contributed by atoms with Crippen molar-refractivity contribution < 1.29 is 56.6 Å². The molecule has 0 heterocycles. The minimum atomic E-state index is -1.92. The van der Waals surface area contributed by atoms with Gasteiger partial charge >= 0.3 is 257 Å². The average Bonchev–Trinajstić information content (AvgIpc) is 3.36. The fourth-order valence-corrected chi connectivity index (χ4v) is 19.0. The minimum Gasteiger partial charge on any atom is -1.00 e. The SMILES string of the molecule is CCCC(C)(C)[Si](C)(C)OC1=CC2=C(CCCC2)[C@@H]1[Hf+2][C@H]1C(O[Si](C)(C)C(C)(C)CCC)=CC2=C1CCCC2.[Cl-].[Cl-]. The van der Waals surface area contributed by atoms with Crippen LogP contribution in [0.1, 0.15) is 119 Å². The molecule has 0 spiro atoms. The zero-order chi connectivity index (χ0) is 28.6. The van der Waals surface area contributed by atoms with Gasteiger partial charge in [0.25, 0.3) is 0 Å². The Balaban J connectivity index is 0.00000294. The van der Waals surface area contributed by atoms with Crippen molar-refractivity contribution in [2.24, 2.45) is 0 Å². The molecule has 0 amide bonds. The topological polar surface area (TPSA) is 18.5 Å². The molecule has 0 bridgehead atoms. The fraction of sp³-hybridized carbons (Fsp3) is 0.765. The first-order valence-corrected chi connectivity index (χ1v) is 26.2. The van der Waals surface area contributed by atoms with E-state index < -0.39 is 39.5 Å². The van der Waals surface area contributed by atoms with E-state index in [1.807, 2.05) is 0 Å². The third-order valence-electron chi connectivity index (χ3n) is 11.1. The van der Waals surface area contributed by atoms with Crippen molar-refractivity contribution in [3.05, 3.63) is 46.0 Å². The summed E-state index contributed by atoms with van der Waals surface area (Å²) >= 11 is -1.25. The van der Waals surface area contributed by atoms with E-state index in [9.17, 15) is 0 Å². The number of hydrogen-bond acceptors (Lipinski definition) is 2. The zero-order valence-corrected chi connectivity index (χ0v) is 35.0. The maximum atomic E-state index is 7.33. The van der Waals surface area contributed by atoms with Crippen LogP contribution in [0.4, 0.5) is 0 Å². The Kier molecular flexibility index (Phi) is 13.5. The van der Waals surface area contributed by atoms with Gasteiger partial charge in [0.15, 0.2) is 0 Å². The van der Waals surface area contributed by atoms with E-state index in [-0.39, 0.29) is 34.9 Å². The third kappa shape index (κ3) is 8.00. The Morgan fingerprint density at radius 2 is 1.00 bits per heavy atom. The molecule has 0 saturated carbocycles. The second-order valence-electron chi connectivity index (χ2n) is 15.1. The van der Waals surface area contributed by atoms with Crippen molar-refractivity contribution in [3.8, 4) is 0 Å². The van der Waals surface area contributed by atoms with E-state index in [1.54, 1.807) is 22.3 Å². The van der Waals surface area contributed by atoms with E-state index in [1.165, 1.54) is 88.6 Å². The molecule has 7 heteroatoms. The Morgan fingerprint density at radius 3 is 1.34 bits per heavy atom. The molecule has 0 aromatic rings. The van der Waals surface area contributed by atoms with Crippen LogP contribution in [0.25, 0.3) is 0 Å². The zero-order valence-electron chi connectivity index (χ0n) is 27.9. The van der Waals surface area contributed by atoms with Gasteiger partial charge in [-0.3, -0.25) is 0 Å². The molecule has 0 aromatic carbocycles. The summed E-state index contributed by atoms with van der Waals surface area (Å²) in [5, 5.41) is 0.566. The predicted octanol–water partition coefficient (Wildman–Crippen LogP) is 5.79. The first kappa shape index (κ1) is 37.6. The van der Waals surface area contributed by atoms with Crippen LogP contribution in [0.5, 0.6) is 0 Å². The summed E-state index contributed by atoms with van der Waals surface area (Å²) in [5.74, 6) is 2.80. The quantitative estimate of drug-likeness (QED) is 0.233. The monoisotopic (exact) mass is 804 g/mol. The smallest absolute Gasteiger partial charge is 1.00 e. The molecule has 2 atom stereocenters. The second-order valence-corrected chi connectivity index (χ2v) is 29.6. The Hall–Kier alpha value is 0.444. The number of hydrogen-bond donors (Lipinski definition) is 0. The van der Waals surface area contributed by atoms with E-state index in [0.717, 1.165) is 0 Å². The van der Waals surface area contributed by atoms with Crippen LogP contribution in [0, 0.1) is 0 Å². The van der Waals surface area contributed by atoms with Crippen molar-refractivity contribution in [1.82, 2.24) is 0 Å². The van der Waals surface area contributed by atoms with Crippen LogP contribution in [0.15, 0.2) is 46.0 Å². The first-order valence-electron chi connectivity index (χ1n) is 16.2. The third-order valence-corrected chi connectivity index (χ3v) is 26.6. The van der Waals surface area contributed by atoms with Gasteiger partial charge in [-0.25, -0.2) is 0 Å². The summed E-state index contributed by atoms with van der Waals surface area (Å²) in [6, 6.07) is 0. The summed E-state index contributed by atoms with van der Waals surface area (Å²) < 4.78 is 15.9. The van der Waals surface area contributed by atoms with Gasteiger partial charge in [-0.05, 0) is 0 Å². The molecule has 0 saturated heterocycles. The molecular formula is C34H58Cl2HfO2Si2. The van der Waals surface area contributed by atoms with Crippen molar-refractivity contribution in [2.45, 2.75) is 162 Å². The molecule has 0 aromatic heterocycles. The molecule has 232 valence electrons. The normalized spacial score (nSPS) is 23.1. The summed E-state index contributed by atoms with van der Waals surface area (Å²) in [4.78, 5) is 0. The van der Waals surface area contributed by atoms with Crippen LogP contribution in [0.2, 0.25) is 43.6 Å². The first-order chi connectivity index (χ1) is 18.2. The van der Waals surface area contributed by atoms with Gasteiger partial charge in [0, 0.05) is 0 Å². The molecule has 0 N–H and O–H groups in total. The molecule has 2 nitrogen and oxygen atoms in total. The van der Waals surface area contributed by atoms with Gasteiger partial charge < -0.3 is 24.8 Å². The number of allylic oxidation sites excluding steroid dienone is 6.